The molecule has 1 unspecified atom stereocenters. The maximum absolute atomic E-state index is 13.5. The lowest BCUT2D eigenvalue weighted by molar-refractivity contribution is -0.137. The number of aromatic nitrogens is 2. The number of aryl methyl sites for hydroxylation is 2. The number of fused-ring (bicyclic) bond motifs is 1. The highest BCUT2D eigenvalue weighted by molar-refractivity contribution is 7.89. The third-order valence-corrected chi connectivity index (χ3v) is 7.02. The van der Waals surface area contributed by atoms with E-state index in [0.717, 1.165) is 18.4 Å². The molecule has 0 N–H and O–H groups in total. The fourth-order valence-electron chi connectivity index (χ4n) is 3.53. The van der Waals surface area contributed by atoms with Crippen LogP contribution in [-0.2, 0) is 14.8 Å². The van der Waals surface area contributed by atoms with Gasteiger partial charge >= 0.3 is 0 Å². The fraction of sp³-hybridized carbons (Fsp3) is 0.588. The molecular formula is C17H24N4O4S. The molecular weight excluding hydrogens is 356 g/mol. The molecule has 2 heterocycles. The third kappa shape index (κ3) is 2.99. The van der Waals surface area contributed by atoms with Crippen molar-refractivity contribution in [2.24, 2.45) is 0 Å². The van der Waals surface area contributed by atoms with Crippen molar-refractivity contribution in [3.8, 4) is 0 Å². The Labute approximate surface area is 153 Å². The van der Waals surface area contributed by atoms with E-state index in [1.165, 1.54) is 4.31 Å². The lowest BCUT2D eigenvalue weighted by Crippen LogP contribution is -2.57. The minimum atomic E-state index is -3.92. The Morgan fingerprint density at radius 2 is 1.88 bits per heavy atom. The van der Waals surface area contributed by atoms with Gasteiger partial charge in [0.15, 0.2) is 5.52 Å². The number of rotatable bonds is 5. The monoisotopic (exact) mass is 380 g/mol. The van der Waals surface area contributed by atoms with E-state index in [1.807, 2.05) is 13.8 Å². The van der Waals surface area contributed by atoms with Gasteiger partial charge in [-0.05, 0) is 41.7 Å². The van der Waals surface area contributed by atoms with Crippen LogP contribution in [0.5, 0.6) is 0 Å². The molecule has 1 amide bonds. The van der Waals surface area contributed by atoms with E-state index < -0.39 is 16.1 Å². The predicted octanol–water partition coefficient (Wildman–Crippen LogP) is 1.86. The molecule has 0 spiro atoms. The average molecular weight is 380 g/mol. The summed E-state index contributed by atoms with van der Waals surface area (Å²) in [6.07, 6.45) is 2.18. The smallest absolute Gasteiger partial charge is 0.246 e. The van der Waals surface area contributed by atoms with E-state index in [-0.39, 0.29) is 22.9 Å². The van der Waals surface area contributed by atoms with Gasteiger partial charge in [0.2, 0.25) is 15.9 Å². The largest absolute Gasteiger partial charge is 0.343 e. The lowest BCUT2D eigenvalue weighted by atomic mass is 10.1. The second-order valence-corrected chi connectivity index (χ2v) is 8.66. The average Bonchev–Trinajstić information content (AvgIpc) is 3.05. The Hall–Kier alpha value is -2.00. The van der Waals surface area contributed by atoms with Gasteiger partial charge in [0.1, 0.15) is 16.5 Å². The van der Waals surface area contributed by atoms with Crippen molar-refractivity contribution in [2.45, 2.75) is 51.0 Å². The molecule has 0 saturated carbocycles. The maximum Gasteiger partial charge on any atom is 0.246 e. The Morgan fingerprint density at radius 3 is 2.58 bits per heavy atom. The van der Waals surface area contributed by atoms with Crippen molar-refractivity contribution in [1.82, 2.24) is 19.5 Å². The van der Waals surface area contributed by atoms with Gasteiger partial charge in [-0.2, -0.15) is 4.31 Å². The first-order valence-corrected chi connectivity index (χ1v) is 10.2. The number of piperazine rings is 1. The van der Waals surface area contributed by atoms with E-state index in [9.17, 15) is 13.2 Å². The van der Waals surface area contributed by atoms with Crippen molar-refractivity contribution in [2.75, 3.05) is 20.1 Å². The molecule has 142 valence electrons. The topological polar surface area (TPSA) is 96.6 Å². The molecule has 1 aromatic carbocycles. The zero-order valence-electron chi connectivity index (χ0n) is 15.5. The predicted molar refractivity (Wildman–Crippen MR) is 96.1 cm³/mol. The van der Waals surface area contributed by atoms with Crippen molar-refractivity contribution in [3.63, 3.8) is 0 Å². The fourth-order valence-corrected chi connectivity index (χ4v) is 5.46. The van der Waals surface area contributed by atoms with Gasteiger partial charge in [-0.1, -0.05) is 25.8 Å². The standard InChI is InChI=1S/C17H24N4O4S/c1-5-6-7-13-17(22)20(4)8-9-21(13)26(23,24)16-12(3)10-11(2)14-15(16)19-25-18-14/h10,13H,5-9H2,1-4H3. The molecule has 1 atom stereocenters. The van der Waals surface area contributed by atoms with Crippen LogP contribution in [0.25, 0.3) is 11.0 Å². The van der Waals surface area contributed by atoms with Crippen LogP contribution in [0.4, 0.5) is 0 Å². The first-order chi connectivity index (χ1) is 12.3. The minimum Gasteiger partial charge on any atom is -0.343 e. The minimum absolute atomic E-state index is 0.0817. The summed E-state index contributed by atoms with van der Waals surface area (Å²) in [4.78, 5) is 14.3. The van der Waals surface area contributed by atoms with Crippen molar-refractivity contribution >= 4 is 27.0 Å². The molecule has 2 aromatic rings. The molecule has 9 heteroatoms. The number of benzene rings is 1. The molecule has 0 aliphatic carbocycles. The molecule has 0 bridgehead atoms. The molecule has 3 rings (SSSR count). The van der Waals surface area contributed by atoms with Crippen LogP contribution in [0, 0.1) is 13.8 Å². The van der Waals surface area contributed by atoms with Crippen molar-refractivity contribution < 1.29 is 17.8 Å². The number of amides is 1. The number of likely N-dealkylation sites (N-methyl/N-ethyl adjacent to an activating group) is 1. The molecule has 1 fully saturated rings. The zero-order chi connectivity index (χ0) is 19.1. The zero-order valence-corrected chi connectivity index (χ0v) is 16.3. The number of carbonyl (C=O) groups excluding carboxylic acids is 1. The van der Waals surface area contributed by atoms with Crippen LogP contribution in [0.3, 0.4) is 0 Å². The first kappa shape index (κ1) is 18.8. The van der Waals surface area contributed by atoms with Gasteiger partial charge in [-0.15, -0.1) is 0 Å². The summed E-state index contributed by atoms with van der Waals surface area (Å²) >= 11 is 0. The maximum atomic E-state index is 13.5. The first-order valence-electron chi connectivity index (χ1n) is 8.78. The van der Waals surface area contributed by atoms with Gasteiger partial charge in [0, 0.05) is 20.1 Å². The van der Waals surface area contributed by atoms with Crippen LogP contribution in [-0.4, -0.2) is 60.0 Å². The highest BCUT2D eigenvalue weighted by Crippen LogP contribution is 2.32. The van der Waals surface area contributed by atoms with E-state index in [1.54, 1.807) is 24.9 Å². The molecule has 1 aliphatic heterocycles. The number of unbranched alkanes of at least 4 members (excludes halogenated alkanes) is 1. The number of hydrogen-bond acceptors (Lipinski definition) is 6. The summed E-state index contributed by atoms with van der Waals surface area (Å²) in [6.45, 7) is 6.21. The van der Waals surface area contributed by atoms with Crippen LogP contribution < -0.4 is 0 Å². The van der Waals surface area contributed by atoms with Crippen LogP contribution in [0.2, 0.25) is 0 Å². The second-order valence-electron chi connectivity index (χ2n) is 6.83. The summed E-state index contributed by atoms with van der Waals surface area (Å²) in [5.74, 6) is -0.160. The molecule has 1 saturated heterocycles. The molecule has 1 aromatic heterocycles. The van der Waals surface area contributed by atoms with Gasteiger partial charge in [-0.3, -0.25) is 4.79 Å². The van der Waals surface area contributed by atoms with Gasteiger partial charge < -0.3 is 4.90 Å². The number of sulfonamides is 1. The van der Waals surface area contributed by atoms with Crippen molar-refractivity contribution in [1.29, 1.82) is 0 Å². The number of carbonyl (C=O) groups is 1. The Bertz CT molecular complexity index is 938. The van der Waals surface area contributed by atoms with E-state index in [0.29, 0.717) is 24.0 Å². The number of nitrogens with zero attached hydrogens (tertiary/aromatic N) is 4. The summed E-state index contributed by atoms with van der Waals surface area (Å²) in [5.41, 5.74) is 2.03. The normalized spacial score (nSPS) is 19.5. The summed E-state index contributed by atoms with van der Waals surface area (Å²) in [6, 6.07) is 1.08. The van der Waals surface area contributed by atoms with Gasteiger partial charge in [0.05, 0.1) is 0 Å². The Balaban J connectivity index is 2.12. The van der Waals surface area contributed by atoms with Crippen LogP contribution >= 0.6 is 0 Å². The highest BCUT2D eigenvalue weighted by atomic mass is 32.2. The Morgan fingerprint density at radius 1 is 1.19 bits per heavy atom. The van der Waals surface area contributed by atoms with E-state index in [4.69, 9.17) is 4.63 Å². The molecule has 26 heavy (non-hydrogen) atoms. The third-order valence-electron chi connectivity index (χ3n) is 4.93. The lowest BCUT2D eigenvalue weighted by Gasteiger charge is -2.38. The Kier molecular flexibility index (Phi) is 5.03. The second kappa shape index (κ2) is 6.96. The number of hydrogen-bond donors (Lipinski definition) is 0. The van der Waals surface area contributed by atoms with Crippen LogP contribution in [0.15, 0.2) is 15.6 Å². The summed E-state index contributed by atoms with van der Waals surface area (Å²) < 4.78 is 33.1. The summed E-state index contributed by atoms with van der Waals surface area (Å²) in [5, 5.41) is 7.67. The highest BCUT2D eigenvalue weighted by Gasteiger charge is 2.42. The van der Waals surface area contributed by atoms with E-state index in [2.05, 4.69) is 10.3 Å². The van der Waals surface area contributed by atoms with Gasteiger partial charge in [0.25, 0.3) is 0 Å². The quantitative estimate of drug-likeness (QED) is 0.785. The summed E-state index contributed by atoms with van der Waals surface area (Å²) in [7, 11) is -2.21. The van der Waals surface area contributed by atoms with Crippen molar-refractivity contribution in [3.05, 3.63) is 17.2 Å². The molecule has 1 aliphatic rings. The van der Waals surface area contributed by atoms with Crippen LogP contribution in [0.1, 0.15) is 37.3 Å². The SMILES string of the molecule is CCCCC1C(=O)N(C)CCN1S(=O)(=O)c1c(C)cc(C)c2nonc12. The van der Waals surface area contributed by atoms with E-state index >= 15 is 0 Å². The van der Waals surface area contributed by atoms with Gasteiger partial charge in [-0.25, -0.2) is 13.0 Å². The molecule has 8 nitrogen and oxygen atoms in total. The molecule has 0 radical (unpaired) electrons.